The van der Waals surface area contributed by atoms with E-state index in [2.05, 4.69) is 0 Å². The number of Topliss-reactive ketones (excluding diaryl/α,β-unsaturated/α-hetero) is 1. The molecule has 7 heteroatoms. The quantitative estimate of drug-likeness (QED) is 0.662. The van der Waals surface area contributed by atoms with Gasteiger partial charge in [-0.05, 0) is 0 Å². The third-order valence-electron chi connectivity index (χ3n) is 1.20. The summed E-state index contributed by atoms with van der Waals surface area (Å²) in [4.78, 5) is 10.2. The number of rotatable bonds is 2. The topological polar surface area (TPSA) is 17.1 Å². The first kappa shape index (κ1) is 16.4. The maximum Gasteiger partial charge on any atom is 0.448 e. The van der Waals surface area contributed by atoms with E-state index in [1.54, 1.807) is 0 Å². The van der Waals surface area contributed by atoms with Crippen molar-refractivity contribution in [3.8, 4) is 0 Å². The van der Waals surface area contributed by atoms with Crippen molar-refractivity contribution >= 4 is 5.78 Å². The van der Waals surface area contributed by atoms with Crippen molar-refractivity contribution in [2.45, 2.75) is 32.9 Å². The molecule has 0 saturated carbocycles. The second-order valence-electron chi connectivity index (χ2n) is 2.32. The number of alkyl halides is 3. The van der Waals surface area contributed by atoms with Crippen LogP contribution in [0, 0.1) is 0 Å². The summed E-state index contributed by atoms with van der Waals surface area (Å²) in [7, 11) is 0. The Kier molecular flexibility index (Phi) is 8.00. The van der Waals surface area contributed by atoms with E-state index in [9.17, 15) is 31.1 Å². The maximum absolute atomic E-state index is 11.0. The zero-order valence-electron chi connectivity index (χ0n) is 8.09. The highest BCUT2D eigenvalue weighted by molar-refractivity contribution is 5.77. The molecule has 0 radical (unpaired) electrons. The van der Waals surface area contributed by atoms with E-state index in [1.165, 1.54) is 0 Å². The Bertz CT molecular complexity index is 220. The first-order valence-corrected chi connectivity index (χ1v) is 3.96. The van der Waals surface area contributed by atoms with E-state index >= 15 is 0 Å². The summed E-state index contributed by atoms with van der Waals surface area (Å²) in [6, 6.07) is 0. The molecule has 0 aromatic heterocycles. The summed E-state index contributed by atoms with van der Waals surface area (Å²) in [6.45, 7) is 3.76. The van der Waals surface area contributed by atoms with Crippen molar-refractivity contribution < 1.29 is 31.1 Å². The van der Waals surface area contributed by atoms with E-state index in [1.807, 2.05) is 13.8 Å². The normalized spacial score (nSPS) is 10.1. The highest BCUT2D eigenvalue weighted by Crippen LogP contribution is 2.29. The van der Waals surface area contributed by atoms with Gasteiger partial charge in [0.05, 0.1) is 0 Å². The number of hydrogen-bond acceptors (Lipinski definition) is 1. The zero-order valence-corrected chi connectivity index (χ0v) is 8.09. The van der Waals surface area contributed by atoms with Crippen LogP contribution in [-0.2, 0) is 4.79 Å². The molecule has 0 aromatic carbocycles. The van der Waals surface area contributed by atoms with Crippen LogP contribution in [0.25, 0.3) is 0 Å². The fraction of sp³-hybridized carbons (Fsp3) is 0.625. The van der Waals surface area contributed by atoms with Crippen molar-refractivity contribution in [2.24, 2.45) is 0 Å². The van der Waals surface area contributed by atoms with E-state index in [0.717, 1.165) is 0 Å². The fourth-order valence-electron chi connectivity index (χ4n) is 0.357. The third-order valence-corrected chi connectivity index (χ3v) is 1.20. The minimum Gasteiger partial charge on any atom is -0.300 e. The molecule has 0 fully saturated rings. The number of hydrogen-bond donors (Lipinski definition) is 0. The molecule has 0 atom stereocenters. The molecule has 0 aliphatic heterocycles. The van der Waals surface area contributed by atoms with Crippen LogP contribution in [0.2, 0.25) is 0 Å². The molecule has 0 spiro atoms. The molecule has 0 N–H and O–H groups in total. The second-order valence-corrected chi connectivity index (χ2v) is 2.32. The molecule has 0 aromatic rings. The van der Waals surface area contributed by atoms with Crippen LogP contribution in [0.5, 0.6) is 0 Å². The van der Waals surface area contributed by atoms with Crippen LogP contribution >= 0.6 is 0 Å². The first-order chi connectivity index (χ1) is 6.66. The minimum atomic E-state index is -5.56. The lowest BCUT2D eigenvalue weighted by Gasteiger charge is -1.98. The van der Waals surface area contributed by atoms with Gasteiger partial charge in [-0.1, -0.05) is 13.8 Å². The van der Waals surface area contributed by atoms with Gasteiger partial charge in [0, 0.05) is 12.8 Å². The van der Waals surface area contributed by atoms with Gasteiger partial charge in [-0.3, -0.25) is 4.79 Å². The molecule has 15 heavy (non-hydrogen) atoms. The fourth-order valence-corrected chi connectivity index (χ4v) is 0.357. The Morgan fingerprint density at radius 2 is 1.33 bits per heavy atom. The Morgan fingerprint density at radius 1 is 1.00 bits per heavy atom. The van der Waals surface area contributed by atoms with Gasteiger partial charge in [0.25, 0.3) is 5.83 Å². The van der Waals surface area contributed by atoms with E-state index in [4.69, 9.17) is 0 Å². The highest BCUT2D eigenvalue weighted by Gasteiger charge is 2.38. The zero-order chi connectivity index (χ0) is 12.6. The Hall–Kier alpha value is -1.01. The average molecular weight is 236 g/mol. The van der Waals surface area contributed by atoms with Gasteiger partial charge < -0.3 is 0 Å². The summed E-state index contributed by atoms with van der Waals surface area (Å²) in [5.74, 6) is -2.99. The molecule has 0 unspecified atom stereocenters. The lowest BCUT2D eigenvalue weighted by Crippen LogP contribution is -2.08. The molecule has 0 aliphatic rings. The van der Waals surface area contributed by atoms with E-state index < -0.39 is 18.1 Å². The number of carbonyl (C=O) groups is 1. The van der Waals surface area contributed by atoms with Crippen LogP contribution < -0.4 is 0 Å². The summed E-state index contributed by atoms with van der Waals surface area (Å²) in [6.07, 6.45) is -7.52. The van der Waals surface area contributed by atoms with Crippen LogP contribution in [-0.4, -0.2) is 12.0 Å². The molecular weight excluding hydrogens is 226 g/mol. The van der Waals surface area contributed by atoms with Crippen LogP contribution in [0.4, 0.5) is 26.3 Å². The van der Waals surface area contributed by atoms with E-state index in [0.29, 0.717) is 18.6 Å². The summed E-state index contributed by atoms with van der Waals surface area (Å²) >= 11 is 0. The molecule has 0 heterocycles. The molecule has 90 valence electrons. The molecule has 1 nitrogen and oxygen atoms in total. The lowest BCUT2D eigenvalue weighted by molar-refractivity contribution is -0.118. The number of ketones is 1. The third kappa shape index (κ3) is 9.30. The Labute approximate surface area is 82.8 Å². The van der Waals surface area contributed by atoms with Gasteiger partial charge in [-0.2, -0.15) is 26.3 Å². The predicted molar refractivity (Wildman–Crippen MR) is 42.0 cm³/mol. The minimum absolute atomic E-state index is 0.343. The molecule has 0 bridgehead atoms. The predicted octanol–water partition coefficient (Wildman–Crippen LogP) is 4.00. The van der Waals surface area contributed by atoms with Crippen molar-refractivity contribution in [1.82, 2.24) is 0 Å². The number of allylic oxidation sites excluding steroid dienone is 1. The van der Waals surface area contributed by atoms with Gasteiger partial charge in [0.2, 0.25) is 0 Å². The van der Waals surface area contributed by atoms with Gasteiger partial charge in [0.1, 0.15) is 5.78 Å². The van der Waals surface area contributed by atoms with Gasteiger partial charge >= 0.3 is 12.3 Å². The van der Waals surface area contributed by atoms with Gasteiger partial charge in [-0.15, -0.1) is 0 Å². The van der Waals surface area contributed by atoms with Crippen molar-refractivity contribution in [3.05, 3.63) is 11.9 Å². The SMILES string of the molecule is CCC(=O)CC.FC(F)=C(F)C(F)(F)F. The molecule has 0 rings (SSSR count). The largest absolute Gasteiger partial charge is 0.448 e. The van der Waals surface area contributed by atoms with E-state index in [-0.39, 0.29) is 0 Å². The number of halogens is 6. The smallest absolute Gasteiger partial charge is 0.300 e. The molecule has 0 amide bonds. The summed E-state index contributed by atoms with van der Waals surface area (Å²) in [5, 5.41) is 0. The molecule has 0 saturated heterocycles. The Morgan fingerprint density at radius 3 is 1.33 bits per heavy atom. The average Bonchev–Trinajstić information content (AvgIpc) is 2.14. The van der Waals surface area contributed by atoms with Crippen LogP contribution in [0.3, 0.4) is 0 Å². The standard InChI is InChI=1S/C5H10O.C3F6/c1-3-5(6)4-2;4-1(2(5)6)3(7,8)9/h3-4H2,1-2H3;. The number of carbonyl (C=O) groups excluding carboxylic acids is 1. The maximum atomic E-state index is 11.0. The second kappa shape index (κ2) is 7.30. The summed E-state index contributed by atoms with van der Waals surface area (Å²) < 4.78 is 64.8. The van der Waals surface area contributed by atoms with Crippen LogP contribution in [0.15, 0.2) is 11.9 Å². The highest BCUT2D eigenvalue weighted by atomic mass is 19.4. The van der Waals surface area contributed by atoms with Crippen molar-refractivity contribution in [1.29, 1.82) is 0 Å². The Balaban J connectivity index is 0. The summed E-state index contributed by atoms with van der Waals surface area (Å²) in [5.41, 5.74) is 0. The molecule has 0 aliphatic carbocycles. The van der Waals surface area contributed by atoms with Crippen molar-refractivity contribution in [3.63, 3.8) is 0 Å². The lowest BCUT2D eigenvalue weighted by atomic mass is 10.3. The monoisotopic (exact) mass is 236 g/mol. The van der Waals surface area contributed by atoms with Gasteiger partial charge in [0.15, 0.2) is 0 Å². The van der Waals surface area contributed by atoms with Crippen molar-refractivity contribution in [2.75, 3.05) is 0 Å². The van der Waals surface area contributed by atoms with Gasteiger partial charge in [-0.25, -0.2) is 0 Å². The van der Waals surface area contributed by atoms with Crippen LogP contribution in [0.1, 0.15) is 26.7 Å². The first-order valence-electron chi connectivity index (χ1n) is 3.96. The molecular formula is C8H10F6O.